The molecule has 1 heterocycles. The minimum atomic E-state index is -0.828. The van der Waals surface area contributed by atoms with Crippen LogP contribution >= 0.6 is 11.8 Å². The molecule has 0 saturated carbocycles. The number of rotatable bonds is 5. The van der Waals surface area contributed by atoms with E-state index in [1.165, 1.54) is 11.8 Å². The van der Waals surface area contributed by atoms with Crippen molar-refractivity contribution in [2.75, 3.05) is 12.3 Å². The smallest absolute Gasteiger partial charge is 0.305 e. The molecule has 5 heteroatoms. The Bertz CT molecular complexity index is 518. The van der Waals surface area contributed by atoms with Gasteiger partial charge >= 0.3 is 5.97 Å². The van der Waals surface area contributed by atoms with Gasteiger partial charge in [0.1, 0.15) is 0 Å². The molecule has 1 aromatic rings. The molecule has 1 aliphatic rings. The first-order valence-electron chi connectivity index (χ1n) is 7.27. The molecule has 1 saturated heterocycles. The van der Waals surface area contributed by atoms with Gasteiger partial charge in [0.2, 0.25) is 5.91 Å². The van der Waals surface area contributed by atoms with Crippen LogP contribution in [0.5, 0.6) is 0 Å². The van der Waals surface area contributed by atoms with Crippen LogP contribution in [-0.2, 0) is 9.59 Å². The lowest BCUT2D eigenvalue weighted by Gasteiger charge is -2.35. The Morgan fingerprint density at radius 1 is 1.33 bits per heavy atom. The minimum Gasteiger partial charge on any atom is -0.481 e. The lowest BCUT2D eigenvalue weighted by molar-refractivity contribution is -0.141. The van der Waals surface area contributed by atoms with Gasteiger partial charge in [-0.15, -0.1) is 11.8 Å². The second-order valence-corrected chi connectivity index (χ2v) is 6.41. The van der Waals surface area contributed by atoms with Crippen LogP contribution in [0.2, 0.25) is 0 Å². The number of aryl methyl sites for hydroxylation is 1. The van der Waals surface area contributed by atoms with Crippen molar-refractivity contribution in [3.63, 3.8) is 0 Å². The number of hydrogen-bond donors (Lipinski definition) is 1. The summed E-state index contributed by atoms with van der Waals surface area (Å²) < 4.78 is 0. The maximum Gasteiger partial charge on any atom is 0.305 e. The number of carbonyl (C=O) groups excluding carboxylic acids is 1. The van der Waals surface area contributed by atoms with Gasteiger partial charge in [0, 0.05) is 17.5 Å². The van der Waals surface area contributed by atoms with Crippen LogP contribution in [0.4, 0.5) is 0 Å². The molecule has 1 N–H and O–H groups in total. The van der Waals surface area contributed by atoms with Crippen molar-refractivity contribution >= 4 is 23.6 Å². The summed E-state index contributed by atoms with van der Waals surface area (Å²) in [6.45, 7) is 2.71. The number of carboxylic acids is 1. The zero-order chi connectivity index (χ0) is 15.2. The molecule has 1 atom stereocenters. The molecular formula is C16H21NO3S. The summed E-state index contributed by atoms with van der Waals surface area (Å²) in [5.74, 6) is -0.401. The number of thioether (sulfide) groups is 1. The SMILES string of the molecule is Cc1ccccc1SCC(=O)N1CCCCC1CC(=O)O. The third-order valence-electron chi connectivity index (χ3n) is 3.80. The van der Waals surface area contributed by atoms with Crippen LogP contribution in [0.15, 0.2) is 29.2 Å². The quantitative estimate of drug-likeness (QED) is 0.850. The summed E-state index contributed by atoms with van der Waals surface area (Å²) in [6, 6.07) is 7.85. The fourth-order valence-corrected chi connectivity index (χ4v) is 3.60. The third kappa shape index (κ3) is 4.49. The summed E-state index contributed by atoms with van der Waals surface area (Å²) in [6.07, 6.45) is 2.83. The van der Waals surface area contributed by atoms with Crippen molar-refractivity contribution in [3.05, 3.63) is 29.8 Å². The van der Waals surface area contributed by atoms with Crippen LogP contribution in [0.25, 0.3) is 0 Å². The van der Waals surface area contributed by atoms with E-state index in [9.17, 15) is 9.59 Å². The molecule has 1 unspecified atom stereocenters. The van der Waals surface area contributed by atoms with Crippen molar-refractivity contribution in [1.29, 1.82) is 0 Å². The maximum absolute atomic E-state index is 12.4. The molecule has 21 heavy (non-hydrogen) atoms. The summed E-state index contributed by atoms with van der Waals surface area (Å²) in [5, 5.41) is 8.97. The first-order valence-corrected chi connectivity index (χ1v) is 8.26. The zero-order valence-corrected chi connectivity index (χ0v) is 13.1. The van der Waals surface area contributed by atoms with E-state index < -0.39 is 5.97 Å². The summed E-state index contributed by atoms with van der Waals surface area (Å²) in [5.41, 5.74) is 1.16. The molecule has 0 bridgehead atoms. The van der Waals surface area contributed by atoms with Gasteiger partial charge in [0.25, 0.3) is 0 Å². The standard InChI is InChI=1S/C16H21NO3S/c1-12-6-2-3-8-14(12)21-11-15(18)17-9-5-4-7-13(17)10-16(19)20/h2-3,6,8,13H,4-5,7,9-11H2,1H3,(H,19,20). The van der Waals surface area contributed by atoms with Gasteiger partial charge < -0.3 is 10.0 Å². The average Bonchev–Trinajstić information content (AvgIpc) is 2.46. The second kappa shape index (κ2) is 7.50. The number of likely N-dealkylation sites (tertiary alicyclic amines) is 1. The van der Waals surface area contributed by atoms with E-state index in [1.54, 1.807) is 4.90 Å². The van der Waals surface area contributed by atoms with E-state index in [4.69, 9.17) is 5.11 Å². The average molecular weight is 307 g/mol. The predicted octanol–water partition coefficient (Wildman–Crippen LogP) is 2.94. The molecule has 1 aliphatic heterocycles. The number of aliphatic carboxylic acids is 1. The van der Waals surface area contributed by atoms with Crippen molar-refractivity contribution in [1.82, 2.24) is 4.90 Å². The normalized spacial score (nSPS) is 18.5. The highest BCUT2D eigenvalue weighted by Crippen LogP contribution is 2.25. The summed E-state index contributed by atoms with van der Waals surface area (Å²) in [7, 11) is 0. The highest BCUT2D eigenvalue weighted by atomic mass is 32.2. The number of nitrogens with zero attached hydrogens (tertiary/aromatic N) is 1. The number of benzene rings is 1. The largest absolute Gasteiger partial charge is 0.481 e. The Morgan fingerprint density at radius 3 is 2.81 bits per heavy atom. The van der Waals surface area contributed by atoms with Gasteiger partial charge in [0.15, 0.2) is 0 Å². The first kappa shape index (κ1) is 15.9. The summed E-state index contributed by atoms with van der Waals surface area (Å²) in [4.78, 5) is 26.2. The highest BCUT2D eigenvalue weighted by molar-refractivity contribution is 8.00. The van der Waals surface area contributed by atoms with Crippen molar-refractivity contribution in [2.45, 2.75) is 43.5 Å². The molecule has 0 aromatic heterocycles. The van der Waals surface area contributed by atoms with Gasteiger partial charge in [-0.05, 0) is 37.8 Å². The van der Waals surface area contributed by atoms with Crippen molar-refractivity contribution in [3.8, 4) is 0 Å². The number of hydrogen-bond acceptors (Lipinski definition) is 3. The van der Waals surface area contributed by atoms with Crippen LogP contribution < -0.4 is 0 Å². The van der Waals surface area contributed by atoms with Crippen molar-refractivity contribution in [2.24, 2.45) is 0 Å². The number of piperidine rings is 1. The molecule has 0 spiro atoms. The van der Waals surface area contributed by atoms with Crippen molar-refractivity contribution < 1.29 is 14.7 Å². The number of carbonyl (C=O) groups is 2. The highest BCUT2D eigenvalue weighted by Gasteiger charge is 2.28. The Kier molecular flexibility index (Phi) is 5.67. The third-order valence-corrected chi connectivity index (χ3v) is 4.96. The topological polar surface area (TPSA) is 57.6 Å². The number of carboxylic acid groups (broad SMARTS) is 1. The Morgan fingerprint density at radius 2 is 2.10 bits per heavy atom. The molecule has 1 amide bonds. The van der Waals surface area contributed by atoms with E-state index in [1.807, 2.05) is 31.2 Å². The van der Waals surface area contributed by atoms with Crippen LogP contribution in [-0.4, -0.2) is 40.2 Å². The fraction of sp³-hybridized carbons (Fsp3) is 0.500. The van der Waals surface area contributed by atoms with Gasteiger partial charge in [-0.25, -0.2) is 0 Å². The molecule has 0 radical (unpaired) electrons. The predicted molar refractivity (Wildman–Crippen MR) is 83.5 cm³/mol. The lowest BCUT2D eigenvalue weighted by Crippen LogP contribution is -2.45. The Balaban J connectivity index is 1.94. The van der Waals surface area contributed by atoms with Crippen LogP contribution in [0, 0.1) is 6.92 Å². The molecule has 114 valence electrons. The van der Waals surface area contributed by atoms with E-state index in [0.29, 0.717) is 12.3 Å². The summed E-state index contributed by atoms with van der Waals surface area (Å²) >= 11 is 1.53. The molecule has 1 fully saturated rings. The maximum atomic E-state index is 12.4. The second-order valence-electron chi connectivity index (χ2n) is 5.39. The van der Waals surface area contributed by atoms with Crippen LogP contribution in [0.1, 0.15) is 31.2 Å². The molecule has 0 aliphatic carbocycles. The van der Waals surface area contributed by atoms with Gasteiger partial charge in [-0.2, -0.15) is 0 Å². The van der Waals surface area contributed by atoms with E-state index in [0.717, 1.165) is 29.7 Å². The molecular weight excluding hydrogens is 286 g/mol. The van der Waals surface area contributed by atoms with E-state index in [-0.39, 0.29) is 18.4 Å². The minimum absolute atomic E-state index is 0.0502. The Hall–Kier alpha value is -1.49. The first-order chi connectivity index (χ1) is 10.1. The molecule has 1 aromatic carbocycles. The Labute approximate surface area is 129 Å². The van der Waals surface area contributed by atoms with E-state index >= 15 is 0 Å². The lowest BCUT2D eigenvalue weighted by atomic mass is 9.99. The van der Waals surface area contributed by atoms with Gasteiger partial charge in [-0.3, -0.25) is 9.59 Å². The molecule has 4 nitrogen and oxygen atoms in total. The zero-order valence-electron chi connectivity index (χ0n) is 12.2. The van der Waals surface area contributed by atoms with Crippen LogP contribution in [0.3, 0.4) is 0 Å². The van der Waals surface area contributed by atoms with Gasteiger partial charge in [-0.1, -0.05) is 18.2 Å². The number of amides is 1. The van der Waals surface area contributed by atoms with Gasteiger partial charge in [0.05, 0.1) is 12.2 Å². The fourth-order valence-electron chi connectivity index (χ4n) is 2.68. The van der Waals surface area contributed by atoms with E-state index in [2.05, 4.69) is 0 Å². The monoisotopic (exact) mass is 307 g/mol. The molecule has 2 rings (SSSR count).